The number of hydrogen-bond acceptors (Lipinski definition) is 7. The number of nitrogens with zero attached hydrogens (tertiary/aromatic N) is 6. The standard InChI is InChI=1S/C28H28FN7O2/c1-3-38-28(37)20-13-32-36-25(34(2)16-18-8-5-4-6-9-18)12-23(33-27(20)36)21-17-35(24-15-30-14-22(24)29)26-19(21)10-7-11-31-26/h4-13,17,22,24,30H,3,14-16H2,1-2H3/t22-,24?/m0/s1. The van der Waals surface area contributed by atoms with E-state index in [0.717, 1.165) is 22.3 Å². The molecule has 0 saturated carbocycles. The zero-order chi connectivity index (χ0) is 26.2. The molecule has 6 rings (SSSR count). The molecule has 2 atom stereocenters. The predicted octanol–water partition coefficient (Wildman–Crippen LogP) is 4.04. The summed E-state index contributed by atoms with van der Waals surface area (Å²) < 4.78 is 23.6. The number of halogens is 1. The molecule has 0 amide bonds. The molecule has 0 aliphatic carbocycles. The molecule has 1 aliphatic rings. The number of anilines is 1. The predicted molar refractivity (Wildman–Crippen MR) is 143 cm³/mol. The molecule has 5 aromatic rings. The monoisotopic (exact) mass is 513 g/mol. The smallest absolute Gasteiger partial charge is 0.343 e. The van der Waals surface area contributed by atoms with Gasteiger partial charge in [0.05, 0.1) is 24.5 Å². The Kier molecular flexibility index (Phi) is 6.24. The molecule has 38 heavy (non-hydrogen) atoms. The van der Waals surface area contributed by atoms with Crippen LogP contribution in [0.1, 0.15) is 28.9 Å². The zero-order valence-electron chi connectivity index (χ0n) is 21.2. The SMILES string of the molecule is CCOC(=O)c1cnn2c(N(C)Cc3ccccc3)cc(-c3cn(C4CNC[C@@H]4F)c4ncccc34)nc12. The molecule has 10 heteroatoms. The second-order valence-corrected chi connectivity index (χ2v) is 9.42. The lowest BCUT2D eigenvalue weighted by Gasteiger charge is -2.21. The van der Waals surface area contributed by atoms with E-state index in [2.05, 4.69) is 32.4 Å². The van der Waals surface area contributed by atoms with Gasteiger partial charge in [-0.3, -0.25) is 0 Å². The third-order valence-electron chi connectivity index (χ3n) is 6.94. The van der Waals surface area contributed by atoms with Crippen molar-refractivity contribution in [1.29, 1.82) is 0 Å². The molecule has 4 aromatic heterocycles. The van der Waals surface area contributed by atoms with E-state index in [1.165, 1.54) is 6.20 Å². The van der Waals surface area contributed by atoms with Gasteiger partial charge in [0.1, 0.15) is 23.2 Å². The summed E-state index contributed by atoms with van der Waals surface area (Å²) in [6.07, 6.45) is 4.10. The van der Waals surface area contributed by atoms with Crippen LogP contribution in [0.4, 0.5) is 10.2 Å². The summed E-state index contributed by atoms with van der Waals surface area (Å²) in [5.74, 6) is 0.269. The van der Waals surface area contributed by atoms with Crippen molar-refractivity contribution in [3.8, 4) is 11.3 Å². The molecule has 0 spiro atoms. The van der Waals surface area contributed by atoms with Gasteiger partial charge in [-0.2, -0.15) is 9.61 Å². The van der Waals surface area contributed by atoms with Crippen molar-refractivity contribution in [1.82, 2.24) is 29.5 Å². The number of nitrogens with one attached hydrogen (secondary N) is 1. The summed E-state index contributed by atoms with van der Waals surface area (Å²) in [4.78, 5) is 24.3. The van der Waals surface area contributed by atoms with Crippen molar-refractivity contribution in [3.05, 3.63) is 78.2 Å². The number of benzene rings is 1. The lowest BCUT2D eigenvalue weighted by molar-refractivity contribution is 0.0528. The van der Waals surface area contributed by atoms with Gasteiger partial charge in [0.15, 0.2) is 5.65 Å². The Morgan fingerprint density at radius 3 is 2.79 bits per heavy atom. The Morgan fingerprint density at radius 2 is 2.03 bits per heavy atom. The highest BCUT2D eigenvalue weighted by Crippen LogP contribution is 2.35. The van der Waals surface area contributed by atoms with E-state index < -0.39 is 12.1 Å². The molecule has 1 saturated heterocycles. The van der Waals surface area contributed by atoms with E-state index >= 15 is 0 Å². The van der Waals surface area contributed by atoms with E-state index in [-0.39, 0.29) is 18.2 Å². The Bertz CT molecular complexity index is 1610. The molecule has 1 unspecified atom stereocenters. The van der Waals surface area contributed by atoms with Crippen LogP contribution in [0, 0.1) is 0 Å². The Hall–Kier alpha value is -4.31. The fraction of sp³-hybridized carbons (Fsp3) is 0.286. The zero-order valence-corrected chi connectivity index (χ0v) is 21.2. The van der Waals surface area contributed by atoms with Gasteiger partial charge in [0.2, 0.25) is 0 Å². The molecule has 9 nitrogen and oxygen atoms in total. The minimum Gasteiger partial charge on any atom is -0.462 e. The number of carbonyl (C=O) groups is 1. The Labute approximate surface area is 218 Å². The number of aromatic nitrogens is 5. The lowest BCUT2D eigenvalue weighted by atomic mass is 10.1. The number of pyridine rings is 1. The number of hydrogen-bond donors (Lipinski definition) is 1. The Morgan fingerprint density at radius 1 is 1.18 bits per heavy atom. The molecular weight excluding hydrogens is 485 g/mol. The Balaban J connectivity index is 1.54. The first kappa shape index (κ1) is 24.1. The largest absolute Gasteiger partial charge is 0.462 e. The molecule has 194 valence electrons. The van der Waals surface area contributed by atoms with Gasteiger partial charge < -0.3 is 19.5 Å². The maximum Gasteiger partial charge on any atom is 0.343 e. The molecular formula is C28H28FN7O2. The van der Waals surface area contributed by atoms with E-state index in [1.54, 1.807) is 17.6 Å². The number of esters is 1. The van der Waals surface area contributed by atoms with Crippen LogP contribution in [0.5, 0.6) is 0 Å². The van der Waals surface area contributed by atoms with Crippen molar-refractivity contribution < 1.29 is 13.9 Å². The van der Waals surface area contributed by atoms with Gasteiger partial charge in [-0.15, -0.1) is 0 Å². The minimum atomic E-state index is -1.02. The first-order chi connectivity index (χ1) is 18.5. The van der Waals surface area contributed by atoms with E-state index in [0.29, 0.717) is 36.6 Å². The summed E-state index contributed by atoms with van der Waals surface area (Å²) in [6.45, 7) is 3.46. The highest BCUT2D eigenvalue weighted by Gasteiger charge is 2.31. The number of fused-ring (bicyclic) bond motifs is 2. The van der Waals surface area contributed by atoms with E-state index in [4.69, 9.17) is 9.72 Å². The van der Waals surface area contributed by atoms with Crippen molar-refractivity contribution in [2.75, 3.05) is 31.6 Å². The fourth-order valence-electron chi connectivity index (χ4n) is 5.09. The second kappa shape index (κ2) is 9.86. The van der Waals surface area contributed by atoms with Crippen LogP contribution in [0.2, 0.25) is 0 Å². The van der Waals surface area contributed by atoms with Gasteiger partial charge in [-0.1, -0.05) is 30.3 Å². The molecule has 5 heterocycles. The van der Waals surface area contributed by atoms with Crippen LogP contribution in [0.3, 0.4) is 0 Å². The third-order valence-corrected chi connectivity index (χ3v) is 6.94. The lowest BCUT2D eigenvalue weighted by Crippen LogP contribution is -2.20. The summed E-state index contributed by atoms with van der Waals surface area (Å²) in [7, 11) is 1.97. The number of ether oxygens (including phenoxy) is 1. The average Bonchev–Trinajstić information content (AvgIpc) is 3.65. The van der Waals surface area contributed by atoms with Crippen LogP contribution in [-0.4, -0.2) is 63.0 Å². The second-order valence-electron chi connectivity index (χ2n) is 9.42. The van der Waals surface area contributed by atoms with Crippen LogP contribution in [0.15, 0.2) is 67.1 Å². The highest BCUT2D eigenvalue weighted by molar-refractivity contribution is 5.98. The molecule has 1 aliphatic heterocycles. The first-order valence-corrected chi connectivity index (χ1v) is 12.7. The molecule has 1 fully saturated rings. The molecule has 1 N–H and O–H groups in total. The molecule has 0 radical (unpaired) electrons. The molecule has 0 bridgehead atoms. The van der Waals surface area contributed by atoms with E-state index in [9.17, 15) is 9.18 Å². The van der Waals surface area contributed by atoms with Crippen molar-refractivity contribution in [2.45, 2.75) is 25.7 Å². The number of alkyl halides is 1. The summed E-state index contributed by atoms with van der Waals surface area (Å²) in [5.41, 5.74) is 3.94. The van der Waals surface area contributed by atoms with Gasteiger partial charge >= 0.3 is 5.97 Å². The van der Waals surface area contributed by atoms with Crippen molar-refractivity contribution >= 4 is 28.5 Å². The fourth-order valence-corrected chi connectivity index (χ4v) is 5.09. The average molecular weight is 514 g/mol. The van der Waals surface area contributed by atoms with Gasteiger partial charge in [-0.25, -0.2) is 19.2 Å². The normalized spacial score (nSPS) is 17.3. The van der Waals surface area contributed by atoms with Gasteiger partial charge in [0.25, 0.3) is 0 Å². The summed E-state index contributed by atoms with van der Waals surface area (Å²) >= 11 is 0. The van der Waals surface area contributed by atoms with Gasteiger partial charge in [-0.05, 0) is 24.6 Å². The summed E-state index contributed by atoms with van der Waals surface area (Å²) in [5, 5.41) is 8.48. The maximum atomic E-state index is 14.8. The molecule has 1 aromatic carbocycles. The topological polar surface area (TPSA) is 89.6 Å². The number of rotatable bonds is 7. The quantitative estimate of drug-likeness (QED) is 0.329. The summed E-state index contributed by atoms with van der Waals surface area (Å²) in [6, 6.07) is 15.5. The van der Waals surface area contributed by atoms with E-state index in [1.807, 2.05) is 54.2 Å². The van der Waals surface area contributed by atoms with Crippen molar-refractivity contribution in [2.24, 2.45) is 0 Å². The first-order valence-electron chi connectivity index (χ1n) is 12.7. The van der Waals surface area contributed by atoms with Crippen LogP contribution in [0.25, 0.3) is 27.9 Å². The van der Waals surface area contributed by atoms with Crippen LogP contribution in [-0.2, 0) is 11.3 Å². The van der Waals surface area contributed by atoms with Crippen LogP contribution >= 0.6 is 0 Å². The van der Waals surface area contributed by atoms with Crippen LogP contribution < -0.4 is 10.2 Å². The van der Waals surface area contributed by atoms with Gasteiger partial charge in [0, 0.05) is 56.1 Å². The third kappa shape index (κ3) is 4.16. The maximum absolute atomic E-state index is 14.8. The number of carbonyl (C=O) groups excluding carboxylic acids is 1. The highest BCUT2D eigenvalue weighted by atomic mass is 19.1. The van der Waals surface area contributed by atoms with Crippen molar-refractivity contribution in [3.63, 3.8) is 0 Å². The minimum absolute atomic E-state index is 0.246.